The van der Waals surface area contributed by atoms with Crippen molar-refractivity contribution in [3.8, 4) is 0 Å². The second kappa shape index (κ2) is 5.80. The lowest BCUT2D eigenvalue weighted by Gasteiger charge is -2.04. The highest BCUT2D eigenvalue weighted by Gasteiger charge is 2.00. The van der Waals surface area contributed by atoms with Crippen molar-refractivity contribution in [3.63, 3.8) is 0 Å². The van der Waals surface area contributed by atoms with Crippen molar-refractivity contribution in [2.24, 2.45) is 5.16 Å². The van der Waals surface area contributed by atoms with Crippen LogP contribution in [-0.2, 0) is 9.63 Å². The van der Waals surface area contributed by atoms with E-state index in [1.807, 2.05) is 37.3 Å². The van der Waals surface area contributed by atoms with Crippen LogP contribution < -0.4 is 0 Å². The van der Waals surface area contributed by atoms with Crippen LogP contribution in [0, 0.1) is 0 Å². The van der Waals surface area contributed by atoms with Crippen molar-refractivity contribution in [1.82, 2.24) is 0 Å². The lowest BCUT2D eigenvalue weighted by Crippen LogP contribution is -2.04. The van der Waals surface area contributed by atoms with Crippen LogP contribution in [0.1, 0.15) is 18.4 Å². The summed E-state index contributed by atoms with van der Waals surface area (Å²) < 4.78 is 0. The van der Waals surface area contributed by atoms with Gasteiger partial charge in [-0.05, 0) is 5.56 Å². The molecule has 4 heteroatoms. The Balaban J connectivity index is 2.42. The molecular weight excluding hydrogens is 194 g/mol. The van der Waals surface area contributed by atoms with Crippen molar-refractivity contribution in [1.29, 1.82) is 0 Å². The maximum Gasteiger partial charge on any atom is 0.344 e. The van der Waals surface area contributed by atoms with Crippen molar-refractivity contribution in [2.75, 3.05) is 6.61 Å². The molecule has 0 aliphatic carbocycles. The second-order valence-electron chi connectivity index (χ2n) is 3.12. The molecule has 0 aliphatic rings. The number of rotatable bonds is 5. The van der Waals surface area contributed by atoms with Crippen LogP contribution in [0.4, 0.5) is 0 Å². The van der Waals surface area contributed by atoms with Crippen LogP contribution in [0.15, 0.2) is 35.5 Å². The largest absolute Gasteiger partial charge is 0.479 e. The molecule has 0 aromatic heterocycles. The van der Waals surface area contributed by atoms with Gasteiger partial charge in [0.15, 0.2) is 0 Å². The first-order valence-electron chi connectivity index (χ1n) is 4.62. The molecular formula is C11H13NO3. The Labute approximate surface area is 88.2 Å². The molecule has 15 heavy (non-hydrogen) atoms. The number of oxime groups is 1. The minimum absolute atomic E-state index is 0.111. The average molecular weight is 207 g/mol. The van der Waals surface area contributed by atoms with Gasteiger partial charge in [-0.1, -0.05) is 42.4 Å². The molecule has 4 nitrogen and oxygen atoms in total. The summed E-state index contributed by atoms with van der Waals surface area (Å²) in [5.74, 6) is -0.917. The molecule has 1 aromatic rings. The highest BCUT2D eigenvalue weighted by atomic mass is 16.6. The molecule has 0 saturated carbocycles. The van der Waals surface area contributed by atoms with Crippen molar-refractivity contribution < 1.29 is 14.7 Å². The Morgan fingerprint density at radius 2 is 2.20 bits per heavy atom. The summed E-state index contributed by atoms with van der Waals surface area (Å²) in [7, 11) is 0. The van der Waals surface area contributed by atoms with Gasteiger partial charge in [-0.15, -0.1) is 0 Å². The minimum atomic E-state index is -1.03. The molecule has 1 unspecified atom stereocenters. The molecule has 0 spiro atoms. The molecule has 1 rings (SSSR count). The van der Waals surface area contributed by atoms with Gasteiger partial charge in [0.05, 0.1) is 6.21 Å². The quantitative estimate of drug-likeness (QED) is 0.592. The van der Waals surface area contributed by atoms with Crippen molar-refractivity contribution in [2.45, 2.75) is 12.8 Å². The van der Waals surface area contributed by atoms with Gasteiger partial charge in [0.1, 0.15) is 0 Å². The molecule has 0 heterocycles. The van der Waals surface area contributed by atoms with Gasteiger partial charge in [0.25, 0.3) is 0 Å². The number of aliphatic carboxylic acids is 1. The molecule has 1 N–H and O–H groups in total. The lowest BCUT2D eigenvalue weighted by molar-refractivity contribution is -0.142. The third-order valence-corrected chi connectivity index (χ3v) is 1.87. The summed E-state index contributed by atoms with van der Waals surface area (Å²) in [6, 6.07) is 9.78. The highest BCUT2D eigenvalue weighted by Crippen LogP contribution is 2.11. The average Bonchev–Trinajstić information content (AvgIpc) is 2.25. The lowest BCUT2D eigenvalue weighted by atomic mass is 10.0. The summed E-state index contributed by atoms with van der Waals surface area (Å²) >= 11 is 0. The first-order chi connectivity index (χ1) is 7.20. The van der Waals surface area contributed by atoms with E-state index >= 15 is 0 Å². The Hall–Kier alpha value is -1.84. The molecule has 0 fully saturated rings. The van der Waals surface area contributed by atoms with E-state index in [0.29, 0.717) is 0 Å². The fourth-order valence-corrected chi connectivity index (χ4v) is 1.07. The topological polar surface area (TPSA) is 58.9 Å². The number of carboxylic acids is 1. The van der Waals surface area contributed by atoms with E-state index in [2.05, 4.69) is 9.99 Å². The monoisotopic (exact) mass is 207 g/mol. The number of carboxylic acid groups (broad SMARTS) is 1. The van der Waals surface area contributed by atoms with E-state index in [1.54, 1.807) is 6.21 Å². The summed E-state index contributed by atoms with van der Waals surface area (Å²) in [5.41, 5.74) is 1.11. The van der Waals surface area contributed by atoms with E-state index < -0.39 is 12.6 Å². The third kappa shape index (κ3) is 4.26. The Morgan fingerprint density at radius 1 is 1.53 bits per heavy atom. The first-order valence-corrected chi connectivity index (χ1v) is 4.62. The van der Waals surface area contributed by atoms with Gasteiger partial charge in [0.2, 0.25) is 6.61 Å². The molecule has 1 atom stereocenters. The molecule has 0 radical (unpaired) electrons. The number of carbonyl (C=O) groups is 1. The van der Waals surface area contributed by atoms with E-state index in [-0.39, 0.29) is 5.92 Å². The zero-order valence-corrected chi connectivity index (χ0v) is 8.46. The zero-order valence-electron chi connectivity index (χ0n) is 8.46. The summed E-state index contributed by atoms with van der Waals surface area (Å²) in [5, 5.41) is 11.9. The molecule has 0 amide bonds. The predicted octanol–water partition coefficient (Wildman–Crippen LogP) is 1.88. The van der Waals surface area contributed by atoms with Crippen LogP contribution in [-0.4, -0.2) is 23.9 Å². The van der Waals surface area contributed by atoms with E-state index in [9.17, 15) is 4.79 Å². The molecule has 0 saturated heterocycles. The number of benzene rings is 1. The normalized spacial score (nSPS) is 12.6. The molecule has 80 valence electrons. The minimum Gasteiger partial charge on any atom is -0.479 e. The fraction of sp³-hybridized carbons (Fsp3) is 0.273. The van der Waals surface area contributed by atoms with Crippen LogP contribution in [0.25, 0.3) is 0 Å². The first kappa shape index (κ1) is 11.2. The molecule has 0 bridgehead atoms. The number of hydrogen-bond acceptors (Lipinski definition) is 3. The summed E-state index contributed by atoms with van der Waals surface area (Å²) in [6.45, 7) is 1.56. The number of hydrogen-bond donors (Lipinski definition) is 1. The third-order valence-electron chi connectivity index (χ3n) is 1.87. The van der Waals surface area contributed by atoms with Crippen molar-refractivity contribution in [3.05, 3.63) is 35.9 Å². The van der Waals surface area contributed by atoms with Crippen LogP contribution in [0.3, 0.4) is 0 Å². The van der Waals surface area contributed by atoms with Gasteiger partial charge in [-0.3, -0.25) is 0 Å². The van der Waals surface area contributed by atoms with E-state index in [1.165, 1.54) is 0 Å². The van der Waals surface area contributed by atoms with Crippen LogP contribution >= 0.6 is 0 Å². The zero-order chi connectivity index (χ0) is 11.1. The SMILES string of the molecule is CC(/C=N/OCC(=O)O)c1ccccc1. The number of nitrogens with zero attached hydrogens (tertiary/aromatic N) is 1. The summed E-state index contributed by atoms with van der Waals surface area (Å²) in [4.78, 5) is 14.7. The second-order valence-corrected chi connectivity index (χ2v) is 3.12. The summed E-state index contributed by atoms with van der Waals surface area (Å²) in [6.07, 6.45) is 1.58. The Bertz CT molecular complexity index is 335. The van der Waals surface area contributed by atoms with E-state index in [0.717, 1.165) is 5.56 Å². The van der Waals surface area contributed by atoms with Crippen molar-refractivity contribution >= 4 is 12.2 Å². The standard InChI is InChI=1S/C11H13NO3/c1-9(7-12-15-8-11(13)14)10-5-3-2-4-6-10/h2-7,9H,8H2,1H3,(H,13,14)/b12-7+. The van der Waals surface area contributed by atoms with Crippen LogP contribution in [0.5, 0.6) is 0 Å². The predicted molar refractivity (Wildman–Crippen MR) is 56.9 cm³/mol. The Kier molecular flexibility index (Phi) is 4.34. The maximum absolute atomic E-state index is 10.1. The maximum atomic E-state index is 10.1. The highest BCUT2D eigenvalue weighted by molar-refractivity contribution is 5.69. The van der Waals surface area contributed by atoms with E-state index in [4.69, 9.17) is 5.11 Å². The fourth-order valence-electron chi connectivity index (χ4n) is 1.07. The van der Waals surface area contributed by atoms with Gasteiger partial charge < -0.3 is 9.94 Å². The smallest absolute Gasteiger partial charge is 0.344 e. The van der Waals surface area contributed by atoms with Gasteiger partial charge in [-0.25, -0.2) is 4.79 Å². The van der Waals surface area contributed by atoms with Crippen LogP contribution in [0.2, 0.25) is 0 Å². The molecule has 1 aromatic carbocycles. The molecule has 0 aliphatic heterocycles. The van der Waals surface area contributed by atoms with Gasteiger partial charge in [0, 0.05) is 5.92 Å². The Morgan fingerprint density at radius 3 is 2.80 bits per heavy atom. The van der Waals surface area contributed by atoms with Gasteiger partial charge in [-0.2, -0.15) is 0 Å². The van der Waals surface area contributed by atoms with Gasteiger partial charge >= 0.3 is 5.97 Å².